The van der Waals surface area contributed by atoms with Gasteiger partial charge in [-0.2, -0.15) is 0 Å². The van der Waals surface area contributed by atoms with Crippen molar-refractivity contribution < 1.29 is 19.5 Å². The Morgan fingerprint density at radius 3 is 2.53 bits per heavy atom. The minimum Gasteiger partial charge on any atom is -0.381 e. The van der Waals surface area contributed by atoms with Gasteiger partial charge in [0.05, 0.1) is 11.1 Å². The molecule has 1 aliphatic heterocycles. The van der Waals surface area contributed by atoms with E-state index >= 15 is 0 Å². The molecule has 6 nitrogen and oxygen atoms in total. The number of rotatable bonds is 3. The highest BCUT2D eigenvalue weighted by Gasteiger charge is 2.20. The molecule has 4 N–H and O–H groups in total. The van der Waals surface area contributed by atoms with E-state index in [-0.39, 0.29) is 11.1 Å². The zero-order valence-corrected chi connectivity index (χ0v) is 10.4. The molecule has 0 unspecified atom stereocenters. The maximum absolute atomic E-state index is 11.6. The van der Waals surface area contributed by atoms with Crippen LogP contribution in [0, 0.1) is 0 Å². The molecule has 1 aliphatic rings. The molecule has 1 aromatic rings. The Hall–Kier alpha value is -1.92. The summed E-state index contributed by atoms with van der Waals surface area (Å²) in [7, 11) is 0. The summed E-state index contributed by atoms with van der Waals surface area (Å²) < 4.78 is 5.29. The van der Waals surface area contributed by atoms with Crippen molar-refractivity contribution in [1.82, 2.24) is 5.48 Å². The van der Waals surface area contributed by atoms with E-state index in [1.54, 1.807) is 12.1 Å². The average Bonchev–Trinajstić information content (AvgIpc) is 2.46. The Balaban J connectivity index is 2.36. The van der Waals surface area contributed by atoms with Gasteiger partial charge in [0.25, 0.3) is 5.91 Å². The number of hydroxylamine groups is 1. The summed E-state index contributed by atoms with van der Waals surface area (Å²) in [5.41, 5.74) is 7.90. The van der Waals surface area contributed by atoms with Gasteiger partial charge in [0.15, 0.2) is 0 Å². The van der Waals surface area contributed by atoms with Crippen LogP contribution in [0.4, 0.5) is 0 Å². The third-order valence-corrected chi connectivity index (χ3v) is 3.35. The molecule has 102 valence electrons. The van der Waals surface area contributed by atoms with Gasteiger partial charge >= 0.3 is 0 Å². The molecule has 0 atom stereocenters. The maximum Gasteiger partial charge on any atom is 0.275 e. The molecule has 0 spiro atoms. The second kappa shape index (κ2) is 5.81. The summed E-state index contributed by atoms with van der Waals surface area (Å²) in [5.74, 6) is -1.14. The van der Waals surface area contributed by atoms with Crippen molar-refractivity contribution in [3.63, 3.8) is 0 Å². The van der Waals surface area contributed by atoms with E-state index in [2.05, 4.69) is 0 Å². The lowest BCUT2D eigenvalue weighted by molar-refractivity contribution is 0.0702. The fraction of sp³-hybridized carbons (Fsp3) is 0.385. The number of nitrogens with two attached hydrogens (primary N) is 1. The molecule has 0 aromatic heterocycles. The number of nitrogens with one attached hydrogen (secondary N) is 1. The fourth-order valence-corrected chi connectivity index (χ4v) is 2.31. The quantitative estimate of drug-likeness (QED) is 0.555. The summed E-state index contributed by atoms with van der Waals surface area (Å²) in [5, 5.41) is 8.72. The number of carbonyl (C=O) groups excluding carboxylic acids is 2. The molecule has 1 heterocycles. The normalized spacial score (nSPS) is 16.1. The number of hydrogen-bond acceptors (Lipinski definition) is 4. The first-order valence-electron chi connectivity index (χ1n) is 6.09. The van der Waals surface area contributed by atoms with Crippen molar-refractivity contribution in [3.8, 4) is 0 Å². The molecular formula is C13H16N2O4. The van der Waals surface area contributed by atoms with Gasteiger partial charge in [0, 0.05) is 13.2 Å². The van der Waals surface area contributed by atoms with Crippen LogP contribution in [0.5, 0.6) is 0 Å². The molecular weight excluding hydrogens is 248 g/mol. The summed E-state index contributed by atoms with van der Waals surface area (Å²) >= 11 is 0. The van der Waals surface area contributed by atoms with E-state index in [9.17, 15) is 9.59 Å². The second-order valence-electron chi connectivity index (χ2n) is 4.50. The minimum absolute atomic E-state index is 0.0963. The molecule has 1 fully saturated rings. The van der Waals surface area contributed by atoms with Crippen molar-refractivity contribution in [2.24, 2.45) is 5.73 Å². The van der Waals surface area contributed by atoms with Crippen LogP contribution in [0.25, 0.3) is 0 Å². The Kier molecular flexibility index (Phi) is 4.13. The standard InChI is InChI=1S/C13H16N2O4/c14-12(16)10-2-1-9(7-11(10)13(17)15-18)8-3-5-19-6-4-8/h1-2,7-8,18H,3-6H2,(H2,14,16)(H,15,17). The van der Waals surface area contributed by atoms with Crippen LogP contribution in [-0.2, 0) is 4.74 Å². The first kappa shape index (κ1) is 13.5. The molecule has 1 saturated heterocycles. The first-order chi connectivity index (χ1) is 9.13. The maximum atomic E-state index is 11.6. The lowest BCUT2D eigenvalue weighted by Gasteiger charge is -2.23. The number of ether oxygens (including phenoxy) is 1. The fourth-order valence-electron chi connectivity index (χ4n) is 2.31. The van der Waals surface area contributed by atoms with Gasteiger partial charge in [-0.15, -0.1) is 0 Å². The highest BCUT2D eigenvalue weighted by atomic mass is 16.5. The minimum atomic E-state index is -0.734. The van der Waals surface area contributed by atoms with Crippen LogP contribution in [-0.4, -0.2) is 30.2 Å². The van der Waals surface area contributed by atoms with Gasteiger partial charge in [-0.25, -0.2) is 5.48 Å². The van der Waals surface area contributed by atoms with Crippen LogP contribution >= 0.6 is 0 Å². The van der Waals surface area contributed by atoms with Gasteiger partial charge in [-0.05, 0) is 36.5 Å². The van der Waals surface area contributed by atoms with Crippen molar-refractivity contribution in [2.45, 2.75) is 18.8 Å². The third kappa shape index (κ3) is 2.91. The van der Waals surface area contributed by atoms with E-state index < -0.39 is 11.8 Å². The number of benzene rings is 1. The van der Waals surface area contributed by atoms with Crippen LogP contribution in [0.15, 0.2) is 18.2 Å². The molecule has 1 aromatic carbocycles. The molecule has 2 amide bonds. The van der Waals surface area contributed by atoms with Gasteiger partial charge < -0.3 is 10.5 Å². The molecule has 19 heavy (non-hydrogen) atoms. The van der Waals surface area contributed by atoms with Crippen LogP contribution in [0.3, 0.4) is 0 Å². The van der Waals surface area contributed by atoms with Gasteiger partial charge in [0.2, 0.25) is 5.91 Å². The lowest BCUT2D eigenvalue weighted by Crippen LogP contribution is -2.25. The van der Waals surface area contributed by atoms with Gasteiger partial charge in [0.1, 0.15) is 0 Å². The van der Waals surface area contributed by atoms with E-state index in [0.717, 1.165) is 18.4 Å². The van der Waals surface area contributed by atoms with Crippen LogP contribution < -0.4 is 11.2 Å². The van der Waals surface area contributed by atoms with Gasteiger partial charge in [-0.3, -0.25) is 14.8 Å². The van der Waals surface area contributed by atoms with Crippen molar-refractivity contribution in [1.29, 1.82) is 0 Å². The highest BCUT2D eigenvalue weighted by molar-refractivity contribution is 6.06. The predicted molar refractivity (Wildman–Crippen MR) is 67.0 cm³/mol. The number of carbonyl (C=O) groups is 2. The summed E-state index contributed by atoms with van der Waals surface area (Å²) in [4.78, 5) is 22.9. The number of primary amides is 1. The lowest BCUT2D eigenvalue weighted by atomic mass is 9.89. The topological polar surface area (TPSA) is 102 Å². The van der Waals surface area contributed by atoms with Crippen molar-refractivity contribution >= 4 is 11.8 Å². The van der Waals surface area contributed by atoms with Crippen LogP contribution in [0.2, 0.25) is 0 Å². The number of amides is 2. The third-order valence-electron chi connectivity index (χ3n) is 3.35. The van der Waals surface area contributed by atoms with E-state index in [4.69, 9.17) is 15.7 Å². The number of hydrogen-bond donors (Lipinski definition) is 3. The molecule has 0 bridgehead atoms. The molecule has 2 rings (SSSR count). The second-order valence-corrected chi connectivity index (χ2v) is 4.50. The van der Waals surface area contributed by atoms with Gasteiger partial charge in [-0.1, -0.05) is 6.07 Å². The Labute approximate surface area is 110 Å². The predicted octanol–water partition coefficient (Wildman–Crippen LogP) is 0.798. The first-order valence-corrected chi connectivity index (χ1v) is 6.09. The van der Waals surface area contributed by atoms with Crippen molar-refractivity contribution in [2.75, 3.05) is 13.2 Å². The van der Waals surface area contributed by atoms with E-state index in [1.165, 1.54) is 11.5 Å². The van der Waals surface area contributed by atoms with E-state index in [0.29, 0.717) is 19.1 Å². The molecule has 0 aliphatic carbocycles. The van der Waals surface area contributed by atoms with Crippen molar-refractivity contribution in [3.05, 3.63) is 34.9 Å². The zero-order chi connectivity index (χ0) is 13.8. The van der Waals surface area contributed by atoms with E-state index in [1.807, 2.05) is 0 Å². The summed E-state index contributed by atoms with van der Waals surface area (Å²) in [6, 6.07) is 4.93. The summed E-state index contributed by atoms with van der Waals surface area (Å²) in [6.45, 7) is 1.37. The Morgan fingerprint density at radius 1 is 1.26 bits per heavy atom. The van der Waals surface area contributed by atoms with Crippen LogP contribution in [0.1, 0.15) is 45.0 Å². The smallest absolute Gasteiger partial charge is 0.275 e. The monoisotopic (exact) mass is 264 g/mol. The molecule has 6 heteroatoms. The Bertz CT molecular complexity index is 495. The summed E-state index contributed by atoms with van der Waals surface area (Å²) in [6.07, 6.45) is 1.74. The largest absolute Gasteiger partial charge is 0.381 e. The average molecular weight is 264 g/mol. The highest BCUT2D eigenvalue weighted by Crippen LogP contribution is 2.28. The molecule has 0 radical (unpaired) electrons. The zero-order valence-electron chi connectivity index (χ0n) is 10.4. The SMILES string of the molecule is NC(=O)c1ccc(C2CCOCC2)cc1C(=O)NO. The Morgan fingerprint density at radius 2 is 1.95 bits per heavy atom. The molecule has 0 saturated carbocycles.